The molecule has 1 aromatic carbocycles. The molecule has 2 aromatic rings. The van der Waals surface area contributed by atoms with E-state index in [0.29, 0.717) is 11.4 Å². The van der Waals surface area contributed by atoms with E-state index in [1.165, 1.54) is 10.9 Å². The largest absolute Gasteiger partial charge is 0.430 e. The number of aryl methyl sites for hydroxylation is 1. The summed E-state index contributed by atoms with van der Waals surface area (Å²) in [7, 11) is 1.58. The van der Waals surface area contributed by atoms with Crippen molar-refractivity contribution < 1.29 is 9.66 Å². The van der Waals surface area contributed by atoms with Gasteiger partial charge in [0.05, 0.1) is 10.6 Å². The third-order valence-corrected chi connectivity index (χ3v) is 2.10. The topological polar surface area (TPSA) is 96.2 Å². The zero-order valence-electron chi connectivity index (χ0n) is 9.03. The first-order valence-corrected chi connectivity index (χ1v) is 4.78. The second kappa shape index (κ2) is 4.12. The Labute approximate surface area is 96.6 Å². The molecular weight excluding hydrogens is 224 g/mol. The number of nitrogens with two attached hydrogens (primary N) is 1. The Hall–Kier alpha value is -2.57. The monoisotopic (exact) mass is 234 g/mol. The maximum absolute atomic E-state index is 10.8. The number of aromatic nitrogens is 2. The van der Waals surface area contributed by atoms with E-state index in [1.54, 1.807) is 31.3 Å². The number of rotatable bonds is 3. The molecule has 0 aliphatic heterocycles. The molecule has 1 heterocycles. The molecule has 0 amide bonds. The molecule has 0 unspecified atom stereocenters. The molecule has 0 bridgehead atoms. The molecule has 0 saturated heterocycles. The van der Waals surface area contributed by atoms with Gasteiger partial charge in [-0.2, -0.15) is 0 Å². The van der Waals surface area contributed by atoms with Crippen LogP contribution in [0.3, 0.4) is 0 Å². The summed E-state index contributed by atoms with van der Waals surface area (Å²) in [6.45, 7) is 0. The lowest BCUT2D eigenvalue weighted by Gasteiger charge is -2.04. The minimum atomic E-state index is -0.554. The Morgan fingerprint density at radius 2 is 2.18 bits per heavy atom. The number of ether oxygens (including phenoxy) is 1. The van der Waals surface area contributed by atoms with Crippen LogP contribution in [0.15, 0.2) is 30.5 Å². The van der Waals surface area contributed by atoms with Crippen molar-refractivity contribution in [3.63, 3.8) is 0 Å². The minimum absolute atomic E-state index is 0.0737. The highest BCUT2D eigenvalue weighted by Gasteiger charge is 2.21. The van der Waals surface area contributed by atoms with Crippen molar-refractivity contribution in [2.75, 3.05) is 5.73 Å². The van der Waals surface area contributed by atoms with Gasteiger partial charge in [-0.3, -0.25) is 14.8 Å². The Morgan fingerprint density at radius 1 is 1.47 bits per heavy atom. The van der Waals surface area contributed by atoms with Crippen LogP contribution in [0.4, 0.5) is 11.4 Å². The molecular formula is C10H10N4O3. The number of hydrogen-bond acceptors (Lipinski definition) is 5. The van der Waals surface area contributed by atoms with Crippen LogP contribution in [0.25, 0.3) is 0 Å². The van der Waals surface area contributed by atoms with E-state index < -0.39 is 4.92 Å². The second-order valence-electron chi connectivity index (χ2n) is 3.39. The Balaban J connectivity index is 2.36. The van der Waals surface area contributed by atoms with E-state index >= 15 is 0 Å². The van der Waals surface area contributed by atoms with Gasteiger partial charge in [0.2, 0.25) is 0 Å². The van der Waals surface area contributed by atoms with Gasteiger partial charge in [-0.05, 0) is 12.1 Å². The van der Waals surface area contributed by atoms with Crippen molar-refractivity contribution in [3.05, 3.63) is 40.6 Å². The predicted molar refractivity (Wildman–Crippen MR) is 60.8 cm³/mol. The number of benzene rings is 1. The molecule has 2 rings (SSSR count). The van der Waals surface area contributed by atoms with Gasteiger partial charge in [-0.1, -0.05) is 12.1 Å². The van der Waals surface area contributed by atoms with Crippen molar-refractivity contribution in [2.45, 2.75) is 0 Å². The first-order valence-electron chi connectivity index (χ1n) is 4.78. The highest BCUT2D eigenvalue weighted by Crippen LogP contribution is 2.31. The van der Waals surface area contributed by atoms with Gasteiger partial charge in [0.15, 0.2) is 5.75 Å². The normalized spacial score (nSPS) is 10.2. The number of hydrogen-bond donors (Lipinski definition) is 1. The molecule has 0 saturated carbocycles. The number of anilines is 1. The van der Waals surface area contributed by atoms with Crippen molar-refractivity contribution in [1.82, 2.24) is 9.78 Å². The summed E-state index contributed by atoms with van der Waals surface area (Å²) in [6.07, 6.45) is 1.27. The maximum Gasteiger partial charge on any atom is 0.350 e. The number of nitro groups is 1. The van der Waals surface area contributed by atoms with E-state index in [2.05, 4.69) is 5.10 Å². The summed E-state index contributed by atoms with van der Waals surface area (Å²) in [6, 6.07) is 6.73. The van der Waals surface area contributed by atoms with E-state index in [-0.39, 0.29) is 11.6 Å². The second-order valence-corrected chi connectivity index (χ2v) is 3.39. The Kier molecular flexibility index (Phi) is 2.65. The molecule has 0 atom stereocenters. The molecule has 0 aliphatic rings. The molecule has 0 aliphatic carbocycles. The van der Waals surface area contributed by atoms with Gasteiger partial charge in [0, 0.05) is 7.05 Å². The number of nitrogens with zero attached hydrogens (tertiary/aromatic N) is 3. The van der Waals surface area contributed by atoms with E-state index in [1.807, 2.05) is 0 Å². The zero-order chi connectivity index (χ0) is 12.4. The number of para-hydroxylation sites is 2. The molecule has 0 radical (unpaired) electrons. The first kappa shape index (κ1) is 10.9. The van der Waals surface area contributed by atoms with E-state index in [0.717, 1.165) is 0 Å². The smallest absolute Gasteiger partial charge is 0.350 e. The predicted octanol–water partition coefficient (Wildman–Crippen LogP) is 1.70. The SMILES string of the molecule is Cn1cc([N+](=O)[O-])c(Oc2ccccc2N)n1. The van der Waals surface area contributed by atoms with Gasteiger partial charge < -0.3 is 10.5 Å². The van der Waals surface area contributed by atoms with Gasteiger partial charge in [0.25, 0.3) is 0 Å². The molecule has 0 fully saturated rings. The van der Waals surface area contributed by atoms with Crippen LogP contribution in [0.5, 0.6) is 11.6 Å². The summed E-state index contributed by atoms with van der Waals surface area (Å²) < 4.78 is 6.64. The van der Waals surface area contributed by atoms with Crippen LogP contribution in [-0.2, 0) is 7.05 Å². The molecule has 7 nitrogen and oxygen atoms in total. The zero-order valence-corrected chi connectivity index (χ0v) is 9.03. The highest BCUT2D eigenvalue weighted by atomic mass is 16.6. The lowest BCUT2D eigenvalue weighted by atomic mass is 10.3. The Morgan fingerprint density at radius 3 is 2.82 bits per heavy atom. The van der Waals surface area contributed by atoms with Crippen LogP contribution < -0.4 is 10.5 Å². The average Bonchev–Trinajstić information content (AvgIpc) is 2.63. The lowest BCUT2D eigenvalue weighted by Crippen LogP contribution is -1.95. The van der Waals surface area contributed by atoms with Crippen LogP contribution in [0, 0.1) is 10.1 Å². The van der Waals surface area contributed by atoms with Gasteiger partial charge >= 0.3 is 11.6 Å². The first-order chi connectivity index (χ1) is 8.08. The molecule has 1 aromatic heterocycles. The van der Waals surface area contributed by atoms with E-state index in [4.69, 9.17) is 10.5 Å². The van der Waals surface area contributed by atoms with Crippen molar-refractivity contribution in [1.29, 1.82) is 0 Å². The molecule has 2 N–H and O–H groups in total. The summed E-state index contributed by atoms with van der Waals surface area (Å²) in [4.78, 5) is 10.2. The molecule has 0 spiro atoms. The Bertz CT molecular complexity index is 564. The minimum Gasteiger partial charge on any atom is -0.430 e. The number of nitrogen functional groups attached to an aromatic ring is 1. The summed E-state index contributed by atoms with van der Waals surface area (Å²) in [5.41, 5.74) is 5.87. The molecule has 88 valence electrons. The van der Waals surface area contributed by atoms with Crippen LogP contribution in [-0.4, -0.2) is 14.7 Å². The molecule has 7 heteroatoms. The summed E-state index contributed by atoms with van der Waals surface area (Å²) in [5, 5.41) is 14.6. The van der Waals surface area contributed by atoms with Crippen molar-refractivity contribution in [3.8, 4) is 11.6 Å². The van der Waals surface area contributed by atoms with Gasteiger partial charge in [-0.25, -0.2) is 0 Å². The summed E-state index contributed by atoms with van der Waals surface area (Å²) >= 11 is 0. The van der Waals surface area contributed by atoms with Crippen LogP contribution in [0.1, 0.15) is 0 Å². The standard InChI is InChI=1S/C10H10N4O3/c1-13-6-8(14(15)16)10(12-13)17-9-5-3-2-4-7(9)11/h2-6H,11H2,1H3. The van der Waals surface area contributed by atoms with E-state index in [9.17, 15) is 10.1 Å². The van der Waals surface area contributed by atoms with Gasteiger partial charge in [-0.15, -0.1) is 5.10 Å². The van der Waals surface area contributed by atoms with Crippen molar-refractivity contribution in [2.24, 2.45) is 7.05 Å². The van der Waals surface area contributed by atoms with Crippen LogP contribution in [0.2, 0.25) is 0 Å². The third-order valence-electron chi connectivity index (χ3n) is 2.10. The fraction of sp³-hybridized carbons (Fsp3) is 0.100. The molecule has 17 heavy (non-hydrogen) atoms. The maximum atomic E-state index is 10.8. The fourth-order valence-corrected chi connectivity index (χ4v) is 1.33. The quantitative estimate of drug-likeness (QED) is 0.495. The lowest BCUT2D eigenvalue weighted by molar-refractivity contribution is -0.385. The highest BCUT2D eigenvalue weighted by molar-refractivity contribution is 5.54. The average molecular weight is 234 g/mol. The third kappa shape index (κ3) is 2.17. The summed E-state index contributed by atoms with van der Waals surface area (Å²) in [5.74, 6) is 0.268. The van der Waals surface area contributed by atoms with Crippen molar-refractivity contribution >= 4 is 11.4 Å². The fourth-order valence-electron chi connectivity index (χ4n) is 1.33. The van der Waals surface area contributed by atoms with Gasteiger partial charge in [0.1, 0.15) is 6.20 Å². The van der Waals surface area contributed by atoms with Crippen LogP contribution >= 0.6 is 0 Å².